The van der Waals surface area contributed by atoms with Gasteiger partial charge < -0.3 is 15.3 Å². The van der Waals surface area contributed by atoms with Crippen LogP contribution in [0, 0.1) is 5.92 Å². The third kappa shape index (κ3) is 4.16. The van der Waals surface area contributed by atoms with Crippen molar-refractivity contribution in [3.05, 3.63) is 0 Å². The van der Waals surface area contributed by atoms with E-state index in [-0.39, 0.29) is 19.0 Å². The molecule has 1 aliphatic rings. The predicted molar refractivity (Wildman–Crippen MR) is 59.1 cm³/mol. The van der Waals surface area contributed by atoms with E-state index in [0.717, 1.165) is 6.54 Å². The van der Waals surface area contributed by atoms with Crippen LogP contribution in [0.15, 0.2) is 0 Å². The van der Waals surface area contributed by atoms with E-state index in [9.17, 15) is 9.59 Å². The Morgan fingerprint density at radius 2 is 2.31 bits per heavy atom. The Bertz CT molecular complexity index is 268. The Balaban J connectivity index is 2.53. The summed E-state index contributed by atoms with van der Waals surface area (Å²) in [5.74, 6) is -1.45. The van der Waals surface area contributed by atoms with Gasteiger partial charge in [-0.05, 0) is 14.1 Å². The summed E-state index contributed by atoms with van der Waals surface area (Å²) in [6.45, 7) is 2.48. The molecule has 1 amide bonds. The van der Waals surface area contributed by atoms with E-state index >= 15 is 0 Å². The molecule has 0 aromatic rings. The first-order valence-corrected chi connectivity index (χ1v) is 5.35. The lowest BCUT2D eigenvalue weighted by Crippen LogP contribution is -2.38. The average molecular weight is 229 g/mol. The molecular weight excluding hydrogens is 210 g/mol. The molecule has 0 spiro atoms. The summed E-state index contributed by atoms with van der Waals surface area (Å²) in [5.41, 5.74) is 0. The number of nitrogens with zero attached hydrogens (tertiary/aromatic N) is 2. The minimum Gasteiger partial charge on any atom is -0.481 e. The van der Waals surface area contributed by atoms with Gasteiger partial charge in [-0.1, -0.05) is 0 Å². The van der Waals surface area contributed by atoms with Gasteiger partial charge in [0.25, 0.3) is 0 Å². The highest BCUT2D eigenvalue weighted by atomic mass is 16.4. The summed E-state index contributed by atoms with van der Waals surface area (Å²) in [5, 5.41) is 11.6. The Labute approximate surface area is 95.2 Å². The number of nitrogens with one attached hydrogen (secondary N) is 1. The molecule has 1 rings (SSSR count). The zero-order chi connectivity index (χ0) is 12.1. The average Bonchev–Trinajstić information content (AvgIpc) is 2.37. The van der Waals surface area contributed by atoms with Crippen LogP contribution in [0.25, 0.3) is 0 Å². The van der Waals surface area contributed by atoms with Crippen LogP contribution in [0.3, 0.4) is 0 Å². The molecule has 1 unspecified atom stereocenters. The number of carbonyl (C=O) groups is 2. The molecule has 0 aromatic carbocycles. The van der Waals surface area contributed by atoms with Gasteiger partial charge in [-0.15, -0.1) is 0 Å². The van der Waals surface area contributed by atoms with Gasteiger partial charge in [0, 0.05) is 26.2 Å². The number of aliphatic carboxylic acids is 1. The topological polar surface area (TPSA) is 72.9 Å². The fraction of sp³-hybridized carbons (Fsp3) is 0.800. The standard InChI is InChI=1S/C10H19N3O3/c1-12(2)3-4-13-6-8(10(15)16)5-11-9(14)7-13/h8H,3-7H2,1-2H3,(H,11,14)(H,15,16). The first kappa shape index (κ1) is 12.9. The van der Waals surface area contributed by atoms with Crippen molar-refractivity contribution in [2.24, 2.45) is 5.92 Å². The molecule has 1 heterocycles. The number of carboxylic acid groups (broad SMARTS) is 1. The van der Waals surface area contributed by atoms with Crippen molar-refractivity contribution in [1.82, 2.24) is 15.1 Å². The molecule has 0 aromatic heterocycles. The maximum atomic E-state index is 11.3. The summed E-state index contributed by atoms with van der Waals surface area (Å²) in [6.07, 6.45) is 0. The summed E-state index contributed by atoms with van der Waals surface area (Å²) < 4.78 is 0. The Morgan fingerprint density at radius 3 is 2.88 bits per heavy atom. The summed E-state index contributed by atoms with van der Waals surface area (Å²) in [4.78, 5) is 26.2. The monoisotopic (exact) mass is 229 g/mol. The molecule has 0 saturated carbocycles. The van der Waals surface area contributed by atoms with Crippen molar-refractivity contribution in [1.29, 1.82) is 0 Å². The van der Waals surface area contributed by atoms with Crippen molar-refractivity contribution in [2.45, 2.75) is 0 Å². The second-order valence-corrected chi connectivity index (χ2v) is 4.38. The van der Waals surface area contributed by atoms with Crippen molar-refractivity contribution in [2.75, 3.05) is 46.8 Å². The number of rotatable bonds is 4. The van der Waals surface area contributed by atoms with Crippen LogP contribution in [-0.4, -0.2) is 73.6 Å². The van der Waals surface area contributed by atoms with Crippen LogP contribution < -0.4 is 5.32 Å². The summed E-state index contributed by atoms with van der Waals surface area (Å²) in [7, 11) is 3.90. The van der Waals surface area contributed by atoms with Gasteiger partial charge >= 0.3 is 5.97 Å². The lowest BCUT2D eigenvalue weighted by Gasteiger charge is -2.22. The lowest BCUT2D eigenvalue weighted by molar-refractivity contribution is -0.141. The predicted octanol–water partition coefficient (Wildman–Crippen LogP) is -1.32. The SMILES string of the molecule is CN(C)CCN1CC(=O)NCC(C(=O)O)C1. The minimum absolute atomic E-state index is 0.0949. The molecule has 1 fully saturated rings. The van der Waals surface area contributed by atoms with Gasteiger partial charge in [0.05, 0.1) is 12.5 Å². The number of hydrogen-bond acceptors (Lipinski definition) is 4. The van der Waals surface area contributed by atoms with E-state index in [0.29, 0.717) is 13.1 Å². The van der Waals surface area contributed by atoms with Crippen molar-refractivity contribution in [3.8, 4) is 0 Å². The third-order valence-electron chi connectivity index (χ3n) is 2.60. The van der Waals surface area contributed by atoms with Gasteiger partial charge in [-0.2, -0.15) is 0 Å². The van der Waals surface area contributed by atoms with Crippen LogP contribution in [0.4, 0.5) is 0 Å². The zero-order valence-electron chi connectivity index (χ0n) is 9.77. The lowest BCUT2D eigenvalue weighted by atomic mass is 10.1. The normalized spacial score (nSPS) is 22.9. The first-order chi connectivity index (χ1) is 7.49. The van der Waals surface area contributed by atoms with E-state index in [1.807, 2.05) is 23.9 Å². The van der Waals surface area contributed by atoms with Crippen molar-refractivity contribution < 1.29 is 14.7 Å². The highest BCUT2D eigenvalue weighted by Gasteiger charge is 2.26. The molecule has 1 aliphatic heterocycles. The van der Waals surface area contributed by atoms with Gasteiger partial charge in [0.2, 0.25) is 5.91 Å². The van der Waals surface area contributed by atoms with Crippen molar-refractivity contribution >= 4 is 11.9 Å². The second-order valence-electron chi connectivity index (χ2n) is 4.38. The number of likely N-dealkylation sites (N-methyl/N-ethyl adjacent to an activating group) is 1. The molecule has 1 saturated heterocycles. The molecule has 6 heteroatoms. The van der Waals surface area contributed by atoms with E-state index in [1.54, 1.807) is 0 Å². The van der Waals surface area contributed by atoms with Crippen LogP contribution in [0.5, 0.6) is 0 Å². The maximum absolute atomic E-state index is 11.3. The molecule has 1 atom stereocenters. The molecule has 92 valence electrons. The number of amides is 1. The maximum Gasteiger partial charge on any atom is 0.309 e. The second kappa shape index (κ2) is 5.81. The third-order valence-corrected chi connectivity index (χ3v) is 2.60. The Morgan fingerprint density at radius 1 is 1.62 bits per heavy atom. The van der Waals surface area contributed by atoms with E-state index < -0.39 is 11.9 Å². The molecular formula is C10H19N3O3. The van der Waals surface area contributed by atoms with Crippen molar-refractivity contribution in [3.63, 3.8) is 0 Å². The van der Waals surface area contributed by atoms with Gasteiger partial charge in [-0.3, -0.25) is 14.5 Å². The van der Waals surface area contributed by atoms with Gasteiger partial charge in [0.1, 0.15) is 0 Å². The van der Waals surface area contributed by atoms with Crippen LogP contribution in [0.2, 0.25) is 0 Å². The molecule has 6 nitrogen and oxygen atoms in total. The quantitative estimate of drug-likeness (QED) is 0.625. The Kier molecular flexibility index (Phi) is 4.70. The van der Waals surface area contributed by atoms with Gasteiger partial charge in [-0.25, -0.2) is 0 Å². The molecule has 2 N–H and O–H groups in total. The largest absolute Gasteiger partial charge is 0.481 e. The summed E-state index contributed by atoms with van der Waals surface area (Å²) in [6, 6.07) is 0. The van der Waals surface area contributed by atoms with Gasteiger partial charge in [0.15, 0.2) is 0 Å². The Hall–Kier alpha value is -1.14. The summed E-state index contributed by atoms with van der Waals surface area (Å²) >= 11 is 0. The first-order valence-electron chi connectivity index (χ1n) is 5.35. The minimum atomic E-state index is -0.850. The molecule has 0 radical (unpaired) electrons. The molecule has 0 bridgehead atoms. The van der Waals surface area contributed by atoms with E-state index in [2.05, 4.69) is 5.32 Å². The smallest absolute Gasteiger partial charge is 0.309 e. The van der Waals surface area contributed by atoms with Crippen LogP contribution in [0.1, 0.15) is 0 Å². The number of carboxylic acids is 1. The van der Waals surface area contributed by atoms with Crippen LogP contribution in [-0.2, 0) is 9.59 Å². The highest BCUT2D eigenvalue weighted by molar-refractivity contribution is 5.80. The fourth-order valence-electron chi connectivity index (χ4n) is 1.61. The number of hydrogen-bond donors (Lipinski definition) is 2. The van der Waals surface area contributed by atoms with E-state index in [4.69, 9.17) is 5.11 Å². The molecule has 0 aliphatic carbocycles. The van der Waals surface area contributed by atoms with Crippen LogP contribution >= 0.6 is 0 Å². The molecule has 16 heavy (non-hydrogen) atoms. The number of carbonyl (C=O) groups excluding carboxylic acids is 1. The highest BCUT2D eigenvalue weighted by Crippen LogP contribution is 2.04. The fourth-order valence-corrected chi connectivity index (χ4v) is 1.61. The zero-order valence-corrected chi connectivity index (χ0v) is 9.77. The van der Waals surface area contributed by atoms with E-state index in [1.165, 1.54) is 0 Å².